The predicted molar refractivity (Wildman–Crippen MR) is 36.5 cm³/mol. The zero-order valence-corrected chi connectivity index (χ0v) is 6.15. The molecule has 0 spiro atoms. The van der Waals surface area contributed by atoms with Crippen LogP contribution < -0.4 is 0 Å². The van der Waals surface area contributed by atoms with Crippen LogP contribution in [0.15, 0.2) is 12.3 Å². The predicted octanol–water partition coefficient (Wildman–Crippen LogP) is 0.295. The van der Waals surface area contributed by atoms with Gasteiger partial charge in [-0.3, -0.25) is 0 Å². The molecule has 3 atom stereocenters. The Morgan fingerprint density at radius 2 is 2.30 bits per heavy atom. The van der Waals surface area contributed by atoms with Crippen molar-refractivity contribution in [1.29, 1.82) is 0 Å². The van der Waals surface area contributed by atoms with Crippen LogP contribution in [0, 0.1) is 0 Å². The first-order valence-corrected chi connectivity index (χ1v) is 3.28. The fourth-order valence-electron chi connectivity index (χ4n) is 0.926. The average Bonchev–Trinajstić information content (AvgIpc) is 1.95. The Kier molecular flexibility index (Phi) is 2.29. The number of methoxy groups -OCH3 is 1. The fourth-order valence-corrected chi connectivity index (χ4v) is 0.926. The van der Waals surface area contributed by atoms with Crippen molar-refractivity contribution in [3.8, 4) is 0 Å². The van der Waals surface area contributed by atoms with Gasteiger partial charge in [-0.1, -0.05) is 0 Å². The van der Waals surface area contributed by atoms with Crippen molar-refractivity contribution in [1.82, 2.24) is 0 Å². The molecule has 10 heavy (non-hydrogen) atoms. The van der Waals surface area contributed by atoms with Crippen LogP contribution in [-0.4, -0.2) is 30.5 Å². The molecule has 3 heteroatoms. The van der Waals surface area contributed by atoms with Crippen LogP contribution in [0.5, 0.6) is 0 Å². The highest BCUT2D eigenvalue weighted by molar-refractivity contribution is 4.96. The summed E-state index contributed by atoms with van der Waals surface area (Å²) in [6.07, 6.45) is 2.32. The number of rotatable bonds is 1. The van der Waals surface area contributed by atoms with E-state index in [0.717, 1.165) is 0 Å². The van der Waals surface area contributed by atoms with Gasteiger partial charge in [0.1, 0.15) is 18.3 Å². The van der Waals surface area contributed by atoms with Crippen molar-refractivity contribution in [3.05, 3.63) is 12.3 Å². The first-order valence-electron chi connectivity index (χ1n) is 3.28. The summed E-state index contributed by atoms with van der Waals surface area (Å²) in [5.41, 5.74) is 0. The molecule has 0 saturated carbocycles. The smallest absolute Gasteiger partial charge is 0.124 e. The first kappa shape index (κ1) is 7.57. The van der Waals surface area contributed by atoms with E-state index in [-0.39, 0.29) is 12.2 Å². The first-order chi connectivity index (χ1) is 4.75. The summed E-state index contributed by atoms with van der Waals surface area (Å²) in [6.45, 7) is 1.81. The van der Waals surface area contributed by atoms with Crippen molar-refractivity contribution in [2.45, 2.75) is 25.2 Å². The maximum atomic E-state index is 9.34. The van der Waals surface area contributed by atoms with Crippen LogP contribution in [-0.2, 0) is 9.47 Å². The Labute approximate surface area is 60.3 Å². The molecule has 0 saturated heterocycles. The minimum absolute atomic E-state index is 0.171. The lowest BCUT2D eigenvalue weighted by molar-refractivity contribution is -0.0687. The topological polar surface area (TPSA) is 38.7 Å². The molecule has 1 aliphatic rings. The number of hydrogen-bond donors (Lipinski definition) is 1. The van der Waals surface area contributed by atoms with Gasteiger partial charge in [0, 0.05) is 7.11 Å². The van der Waals surface area contributed by atoms with Crippen LogP contribution >= 0.6 is 0 Å². The quantitative estimate of drug-likeness (QED) is 0.575. The molecule has 1 N–H and O–H groups in total. The molecule has 0 fully saturated rings. The second-order valence-electron chi connectivity index (χ2n) is 2.36. The Hall–Kier alpha value is -0.540. The monoisotopic (exact) mass is 144 g/mol. The van der Waals surface area contributed by atoms with Crippen LogP contribution in [0.1, 0.15) is 6.92 Å². The highest BCUT2D eigenvalue weighted by atomic mass is 16.5. The third-order valence-corrected chi connectivity index (χ3v) is 1.65. The summed E-state index contributed by atoms with van der Waals surface area (Å²) >= 11 is 0. The highest BCUT2D eigenvalue weighted by Gasteiger charge is 2.26. The summed E-state index contributed by atoms with van der Waals surface area (Å²) in [5.74, 6) is 0. The average molecular weight is 144 g/mol. The van der Waals surface area contributed by atoms with E-state index in [0.29, 0.717) is 0 Å². The summed E-state index contributed by atoms with van der Waals surface area (Å²) in [6, 6.07) is 0. The summed E-state index contributed by atoms with van der Waals surface area (Å²) < 4.78 is 9.97. The van der Waals surface area contributed by atoms with E-state index in [1.807, 2.05) is 0 Å². The van der Waals surface area contributed by atoms with E-state index in [2.05, 4.69) is 0 Å². The van der Waals surface area contributed by atoms with Gasteiger partial charge < -0.3 is 14.6 Å². The van der Waals surface area contributed by atoms with Gasteiger partial charge in [0.05, 0.1) is 6.26 Å². The lowest BCUT2D eigenvalue weighted by Gasteiger charge is -2.27. The van der Waals surface area contributed by atoms with E-state index in [1.54, 1.807) is 26.4 Å². The molecular weight excluding hydrogens is 132 g/mol. The molecule has 0 aromatic rings. The van der Waals surface area contributed by atoms with Gasteiger partial charge in [-0.2, -0.15) is 0 Å². The lowest BCUT2D eigenvalue weighted by atomic mass is 10.1. The Morgan fingerprint density at radius 3 is 2.80 bits per heavy atom. The van der Waals surface area contributed by atoms with Crippen molar-refractivity contribution < 1.29 is 14.6 Å². The molecule has 0 radical (unpaired) electrons. The molecular formula is C7H12O3. The molecule has 1 aliphatic heterocycles. The van der Waals surface area contributed by atoms with Gasteiger partial charge in [0.25, 0.3) is 0 Å². The molecule has 58 valence electrons. The van der Waals surface area contributed by atoms with E-state index in [9.17, 15) is 5.11 Å². The highest BCUT2D eigenvalue weighted by Crippen LogP contribution is 2.13. The zero-order valence-electron chi connectivity index (χ0n) is 6.15. The third kappa shape index (κ3) is 1.30. The van der Waals surface area contributed by atoms with Crippen LogP contribution in [0.3, 0.4) is 0 Å². The van der Waals surface area contributed by atoms with Crippen LogP contribution in [0.2, 0.25) is 0 Å². The maximum Gasteiger partial charge on any atom is 0.124 e. The van der Waals surface area contributed by atoms with Gasteiger partial charge in [-0.25, -0.2) is 0 Å². The normalized spacial score (nSPS) is 39.3. The minimum atomic E-state index is -0.546. The molecule has 0 unspecified atom stereocenters. The molecule has 0 aromatic heterocycles. The summed E-state index contributed by atoms with van der Waals surface area (Å²) in [7, 11) is 1.57. The van der Waals surface area contributed by atoms with Gasteiger partial charge in [0.15, 0.2) is 0 Å². The Bertz CT molecular complexity index is 133. The van der Waals surface area contributed by atoms with Crippen molar-refractivity contribution >= 4 is 0 Å². The Morgan fingerprint density at radius 1 is 1.60 bits per heavy atom. The number of aliphatic hydroxyl groups excluding tert-OH is 1. The SMILES string of the molecule is CO[C@H]1C=CO[C@@H](C)[C@@H]1O. The molecule has 0 amide bonds. The van der Waals surface area contributed by atoms with Crippen LogP contribution in [0.4, 0.5) is 0 Å². The number of aliphatic hydroxyl groups is 1. The van der Waals surface area contributed by atoms with Crippen molar-refractivity contribution in [2.24, 2.45) is 0 Å². The van der Waals surface area contributed by atoms with E-state index >= 15 is 0 Å². The maximum absolute atomic E-state index is 9.34. The van der Waals surface area contributed by atoms with E-state index < -0.39 is 6.10 Å². The lowest BCUT2D eigenvalue weighted by Crippen LogP contribution is -2.39. The van der Waals surface area contributed by atoms with Gasteiger partial charge in [-0.15, -0.1) is 0 Å². The van der Waals surface area contributed by atoms with E-state index in [4.69, 9.17) is 9.47 Å². The second kappa shape index (κ2) is 3.03. The van der Waals surface area contributed by atoms with Gasteiger partial charge in [-0.05, 0) is 13.0 Å². The molecule has 1 rings (SSSR count). The van der Waals surface area contributed by atoms with Crippen molar-refractivity contribution in [3.63, 3.8) is 0 Å². The van der Waals surface area contributed by atoms with Gasteiger partial charge >= 0.3 is 0 Å². The summed E-state index contributed by atoms with van der Waals surface area (Å²) in [5, 5.41) is 9.34. The number of ether oxygens (including phenoxy) is 2. The summed E-state index contributed by atoms with van der Waals surface area (Å²) in [4.78, 5) is 0. The Balaban J connectivity index is 2.57. The molecule has 3 nitrogen and oxygen atoms in total. The molecule has 0 aromatic carbocycles. The van der Waals surface area contributed by atoms with Gasteiger partial charge in [0.2, 0.25) is 0 Å². The molecule has 0 bridgehead atoms. The van der Waals surface area contributed by atoms with Crippen LogP contribution in [0.25, 0.3) is 0 Å². The zero-order chi connectivity index (χ0) is 7.56. The second-order valence-corrected chi connectivity index (χ2v) is 2.36. The standard InChI is InChI=1S/C7H12O3/c1-5-7(8)6(9-2)3-4-10-5/h3-8H,1-2H3/t5-,6-,7-/m0/s1. The fraction of sp³-hybridized carbons (Fsp3) is 0.714. The molecule has 0 aliphatic carbocycles. The minimum Gasteiger partial charge on any atom is -0.496 e. The molecule has 1 heterocycles. The third-order valence-electron chi connectivity index (χ3n) is 1.65. The largest absolute Gasteiger partial charge is 0.496 e. The number of hydrogen-bond acceptors (Lipinski definition) is 3. The van der Waals surface area contributed by atoms with E-state index in [1.165, 1.54) is 0 Å². The van der Waals surface area contributed by atoms with Crippen molar-refractivity contribution in [2.75, 3.05) is 7.11 Å².